The lowest BCUT2D eigenvalue weighted by molar-refractivity contribution is 0.0917. The third kappa shape index (κ3) is 4.25. The van der Waals surface area contributed by atoms with Crippen molar-refractivity contribution in [2.24, 2.45) is 5.92 Å². The normalized spacial score (nSPS) is 19.2. The van der Waals surface area contributed by atoms with Crippen LogP contribution < -0.4 is 10.2 Å². The van der Waals surface area contributed by atoms with E-state index in [-0.39, 0.29) is 22.7 Å². The van der Waals surface area contributed by atoms with E-state index in [1.165, 1.54) is 23.9 Å². The Morgan fingerprint density at radius 2 is 2.11 bits per heavy atom. The first-order valence-corrected chi connectivity index (χ1v) is 10.7. The Hall–Kier alpha value is -1.70. The number of aromatic nitrogens is 2. The third-order valence-corrected chi connectivity index (χ3v) is 6.48. The molecule has 27 heavy (non-hydrogen) atoms. The van der Waals surface area contributed by atoms with Crippen molar-refractivity contribution < 1.29 is 9.53 Å². The molecule has 0 aromatic carbocycles. The van der Waals surface area contributed by atoms with E-state index in [0.717, 1.165) is 12.8 Å². The van der Waals surface area contributed by atoms with Crippen LogP contribution in [0.5, 0.6) is 0 Å². The number of anilines is 1. The highest BCUT2D eigenvalue weighted by Crippen LogP contribution is 2.37. The summed E-state index contributed by atoms with van der Waals surface area (Å²) in [5.74, 6) is 0.760. The summed E-state index contributed by atoms with van der Waals surface area (Å²) in [5.41, 5.74) is 0.243. The minimum absolute atomic E-state index is 0.0119. The van der Waals surface area contributed by atoms with Gasteiger partial charge in [-0.2, -0.15) is 0 Å². The van der Waals surface area contributed by atoms with Crippen molar-refractivity contribution in [3.8, 4) is 0 Å². The van der Waals surface area contributed by atoms with Gasteiger partial charge in [-0.15, -0.1) is 11.3 Å². The first-order valence-electron chi connectivity index (χ1n) is 9.42. The van der Waals surface area contributed by atoms with Crippen molar-refractivity contribution in [3.05, 3.63) is 39.3 Å². The number of carbonyl (C=O) groups excluding carboxylic acids is 1. The molecule has 0 unspecified atom stereocenters. The van der Waals surface area contributed by atoms with Crippen LogP contribution in [0, 0.1) is 5.92 Å². The molecule has 2 aliphatic rings. The molecule has 0 radical (unpaired) electrons. The summed E-state index contributed by atoms with van der Waals surface area (Å²) in [5, 5.41) is 5.53. The van der Waals surface area contributed by atoms with E-state index in [9.17, 15) is 4.79 Å². The van der Waals surface area contributed by atoms with Gasteiger partial charge < -0.3 is 15.0 Å². The summed E-state index contributed by atoms with van der Waals surface area (Å²) in [6.07, 6.45) is 6.23. The monoisotopic (exact) mass is 406 g/mol. The summed E-state index contributed by atoms with van der Waals surface area (Å²) < 4.78 is 5.37. The number of nitrogens with zero attached hydrogens (tertiary/aromatic N) is 3. The molecule has 0 bridgehead atoms. The number of thiophene rings is 1. The maximum atomic E-state index is 13.0. The van der Waals surface area contributed by atoms with Gasteiger partial charge in [0.15, 0.2) is 5.69 Å². The first-order chi connectivity index (χ1) is 13.2. The molecule has 3 heterocycles. The van der Waals surface area contributed by atoms with E-state index in [0.29, 0.717) is 38.2 Å². The number of halogens is 1. The van der Waals surface area contributed by atoms with Gasteiger partial charge in [-0.05, 0) is 30.2 Å². The molecule has 1 saturated heterocycles. The van der Waals surface area contributed by atoms with Gasteiger partial charge in [-0.3, -0.25) is 4.79 Å². The van der Waals surface area contributed by atoms with Crippen LogP contribution in [0.3, 0.4) is 0 Å². The van der Waals surface area contributed by atoms with E-state index in [2.05, 4.69) is 26.7 Å². The van der Waals surface area contributed by atoms with E-state index >= 15 is 0 Å². The molecular formula is C19H23ClN4O2S. The Morgan fingerprint density at radius 3 is 2.81 bits per heavy atom. The fourth-order valence-electron chi connectivity index (χ4n) is 3.82. The lowest BCUT2D eigenvalue weighted by Gasteiger charge is -2.27. The highest BCUT2D eigenvalue weighted by atomic mass is 35.5. The number of nitrogens with one attached hydrogen (secondary N) is 1. The fourth-order valence-corrected chi connectivity index (χ4v) is 4.87. The van der Waals surface area contributed by atoms with Crippen molar-refractivity contribution in [2.45, 2.75) is 31.7 Å². The fraction of sp³-hybridized carbons (Fsp3) is 0.526. The van der Waals surface area contributed by atoms with E-state index in [1.807, 2.05) is 11.0 Å². The minimum Gasteiger partial charge on any atom is -0.378 e. The molecule has 1 atom stereocenters. The number of carbonyl (C=O) groups is 1. The number of rotatable bonds is 5. The summed E-state index contributed by atoms with van der Waals surface area (Å²) in [6.45, 7) is 2.69. The second kappa shape index (κ2) is 8.54. The Morgan fingerprint density at radius 1 is 1.33 bits per heavy atom. The quantitative estimate of drug-likeness (QED) is 0.820. The van der Waals surface area contributed by atoms with Gasteiger partial charge in [0.2, 0.25) is 5.95 Å². The summed E-state index contributed by atoms with van der Waals surface area (Å²) >= 11 is 7.95. The van der Waals surface area contributed by atoms with Gasteiger partial charge in [0.1, 0.15) is 0 Å². The van der Waals surface area contributed by atoms with E-state index in [4.69, 9.17) is 16.3 Å². The molecular weight excluding hydrogens is 384 g/mol. The Bertz CT molecular complexity index is 774. The largest absolute Gasteiger partial charge is 0.378 e. The van der Waals surface area contributed by atoms with Crippen molar-refractivity contribution in [2.75, 3.05) is 31.2 Å². The van der Waals surface area contributed by atoms with Gasteiger partial charge in [-0.25, -0.2) is 9.97 Å². The van der Waals surface area contributed by atoms with Crippen molar-refractivity contribution in [1.82, 2.24) is 15.3 Å². The average molecular weight is 407 g/mol. The topological polar surface area (TPSA) is 67.4 Å². The maximum Gasteiger partial charge on any atom is 0.272 e. The van der Waals surface area contributed by atoms with Gasteiger partial charge in [-0.1, -0.05) is 30.5 Å². The smallest absolute Gasteiger partial charge is 0.272 e. The van der Waals surface area contributed by atoms with Crippen LogP contribution in [0.25, 0.3) is 0 Å². The third-order valence-electron chi connectivity index (χ3n) is 5.25. The Kier molecular flexibility index (Phi) is 5.90. The first kappa shape index (κ1) is 18.7. The number of morpholine rings is 1. The highest BCUT2D eigenvalue weighted by molar-refractivity contribution is 7.10. The lowest BCUT2D eigenvalue weighted by Crippen LogP contribution is -2.38. The molecule has 0 spiro atoms. The summed E-state index contributed by atoms with van der Waals surface area (Å²) in [6, 6.07) is 4.13. The summed E-state index contributed by atoms with van der Waals surface area (Å²) in [7, 11) is 0. The Balaban J connectivity index is 1.55. The molecule has 4 rings (SSSR count). The van der Waals surface area contributed by atoms with E-state index < -0.39 is 0 Å². The zero-order chi connectivity index (χ0) is 18.6. The second-order valence-electron chi connectivity index (χ2n) is 6.98. The SMILES string of the molecule is O=C(N[C@@H](c1cccs1)C1CCCC1)c1nc(N2CCOCC2)ncc1Cl. The average Bonchev–Trinajstić information content (AvgIpc) is 3.41. The van der Waals surface area contributed by atoms with Gasteiger partial charge in [0, 0.05) is 18.0 Å². The predicted octanol–water partition coefficient (Wildman–Crippen LogP) is 3.69. The molecule has 2 fully saturated rings. The molecule has 144 valence electrons. The summed E-state index contributed by atoms with van der Waals surface area (Å²) in [4.78, 5) is 25.0. The van der Waals surface area contributed by atoms with Crippen LogP contribution in [0.2, 0.25) is 5.02 Å². The molecule has 1 aliphatic carbocycles. The highest BCUT2D eigenvalue weighted by Gasteiger charge is 2.30. The molecule has 1 N–H and O–H groups in total. The zero-order valence-electron chi connectivity index (χ0n) is 15.1. The number of hydrogen-bond acceptors (Lipinski definition) is 6. The Labute approximate surface area is 167 Å². The molecule has 1 aliphatic heterocycles. The molecule has 1 amide bonds. The molecule has 2 aromatic rings. The molecule has 2 aromatic heterocycles. The molecule has 1 saturated carbocycles. The lowest BCUT2D eigenvalue weighted by atomic mass is 9.96. The zero-order valence-corrected chi connectivity index (χ0v) is 16.6. The van der Waals surface area contributed by atoms with Crippen LogP contribution in [0.15, 0.2) is 23.7 Å². The number of amides is 1. The van der Waals surface area contributed by atoms with Crippen LogP contribution in [0.1, 0.15) is 47.1 Å². The van der Waals surface area contributed by atoms with Crippen LogP contribution in [-0.4, -0.2) is 42.2 Å². The van der Waals surface area contributed by atoms with Gasteiger partial charge in [0.05, 0.1) is 30.5 Å². The van der Waals surface area contributed by atoms with Crippen molar-refractivity contribution >= 4 is 34.8 Å². The van der Waals surface area contributed by atoms with Crippen LogP contribution in [-0.2, 0) is 4.74 Å². The number of hydrogen-bond donors (Lipinski definition) is 1. The second-order valence-corrected chi connectivity index (χ2v) is 8.36. The van der Waals surface area contributed by atoms with Crippen molar-refractivity contribution in [1.29, 1.82) is 0 Å². The van der Waals surface area contributed by atoms with Gasteiger partial charge in [0.25, 0.3) is 5.91 Å². The molecule has 8 heteroatoms. The minimum atomic E-state index is -0.234. The van der Waals surface area contributed by atoms with Crippen LogP contribution >= 0.6 is 22.9 Å². The standard InChI is InChI=1S/C19H23ClN4O2S/c20-14-12-21-19(24-7-9-26-10-8-24)23-17(14)18(25)22-16(13-4-1-2-5-13)15-6-3-11-27-15/h3,6,11-13,16H,1-2,4-5,7-10H2,(H,22,25)/t16-/m1/s1. The van der Waals surface area contributed by atoms with Crippen molar-refractivity contribution in [3.63, 3.8) is 0 Å². The van der Waals surface area contributed by atoms with E-state index in [1.54, 1.807) is 11.3 Å². The number of ether oxygens (including phenoxy) is 1. The molecule has 6 nitrogen and oxygen atoms in total. The van der Waals surface area contributed by atoms with Crippen LogP contribution in [0.4, 0.5) is 5.95 Å². The van der Waals surface area contributed by atoms with Gasteiger partial charge >= 0.3 is 0 Å². The predicted molar refractivity (Wildman–Crippen MR) is 107 cm³/mol. The maximum absolute atomic E-state index is 13.0.